The quantitative estimate of drug-likeness (QED) is 0.899. The Morgan fingerprint density at radius 3 is 2.38 bits per heavy atom. The summed E-state index contributed by atoms with van der Waals surface area (Å²) in [5, 5.41) is 0. The van der Waals surface area contributed by atoms with Gasteiger partial charge in [-0.05, 0) is 30.2 Å². The smallest absolute Gasteiger partial charge is 0.250 e. The summed E-state index contributed by atoms with van der Waals surface area (Å²) >= 11 is 0. The van der Waals surface area contributed by atoms with E-state index in [2.05, 4.69) is 0 Å². The van der Waals surface area contributed by atoms with Crippen LogP contribution in [0, 0.1) is 11.6 Å². The normalized spacial score (nSPS) is 11.5. The van der Waals surface area contributed by atoms with Gasteiger partial charge in [0.15, 0.2) is 0 Å². The molecule has 1 amide bonds. The van der Waals surface area contributed by atoms with Crippen molar-refractivity contribution in [2.24, 2.45) is 12.8 Å². The Bertz CT molecular complexity index is 775. The van der Waals surface area contributed by atoms with E-state index < -0.39 is 23.6 Å². The first kappa shape index (κ1) is 19.9. The SMILES string of the molecule is CN(C(=O)[C@@H](N)Cc1cc(F)cc(F)c1)c1ccc(=O)n(C)c1.S. The topological polar surface area (TPSA) is 68.3 Å². The highest BCUT2D eigenvalue weighted by Gasteiger charge is 2.20. The molecule has 0 saturated carbocycles. The van der Waals surface area contributed by atoms with Crippen molar-refractivity contribution in [3.05, 3.63) is 64.1 Å². The monoisotopic (exact) mass is 355 g/mol. The van der Waals surface area contributed by atoms with Crippen LogP contribution >= 0.6 is 13.5 Å². The molecule has 2 rings (SSSR count). The van der Waals surface area contributed by atoms with E-state index in [1.807, 2.05) is 0 Å². The number of carbonyl (C=O) groups is 1. The van der Waals surface area contributed by atoms with E-state index in [4.69, 9.17) is 5.73 Å². The molecule has 8 heteroatoms. The van der Waals surface area contributed by atoms with Crippen molar-refractivity contribution < 1.29 is 13.6 Å². The second-order valence-corrected chi connectivity index (χ2v) is 5.32. The van der Waals surface area contributed by atoms with E-state index >= 15 is 0 Å². The van der Waals surface area contributed by atoms with Crippen LogP contribution in [0.25, 0.3) is 0 Å². The van der Waals surface area contributed by atoms with Crippen molar-refractivity contribution in [3.63, 3.8) is 0 Å². The van der Waals surface area contributed by atoms with Gasteiger partial charge in [0.05, 0.1) is 11.7 Å². The summed E-state index contributed by atoms with van der Waals surface area (Å²) in [6, 6.07) is 4.93. The van der Waals surface area contributed by atoms with Crippen molar-refractivity contribution in [1.29, 1.82) is 0 Å². The first-order chi connectivity index (χ1) is 10.8. The maximum Gasteiger partial charge on any atom is 0.250 e. The number of nitrogens with two attached hydrogens (primary N) is 1. The summed E-state index contributed by atoms with van der Waals surface area (Å²) in [5.41, 5.74) is 6.45. The van der Waals surface area contributed by atoms with Crippen LogP contribution < -0.4 is 16.2 Å². The fraction of sp³-hybridized carbons (Fsp3) is 0.250. The summed E-state index contributed by atoms with van der Waals surface area (Å²) in [6.07, 6.45) is 1.51. The summed E-state index contributed by atoms with van der Waals surface area (Å²) in [5.74, 6) is -1.86. The maximum atomic E-state index is 13.2. The molecule has 1 atom stereocenters. The number of rotatable bonds is 4. The number of hydrogen-bond acceptors (Lipinski definition) is 3. The third-order valence-electron chi connectivity index (χ3n) is 3.48. The van der Waals surface area contributed by atoms with E-state index in [9.17, 15) is 18.4 Å². The Balaban J connectivity index is 0.00000288. The highest BCUT2D eigenvalue weighted by atomic mass is 32.1. The molecular formula is C16H19F2N3O2S. The van der Waals surface area contributed by atoms with E-state index in [1.165, 1.54) is 34.8 Å². The van der Waals surface area contributed by atoms with Gasteiger partial charge in [-0.1, -0.05) is 0 Å². The van der Waals surface area contributed by atoms with Crippen LogP contribution in [0.1, 0.15) is 5.56 Å². The van der Waals surface area contributed by atoms with Crippen LogP contribution in [0.5, 0.6) is 0 Å². The number of hydrogen-bond donors (Lipinski definition) is 1. The minimum Gasteiger partial charge on any atom is -0.320 e. The lowest BCUT2D eigenvalue weighted by Gasteiger charge is -2.22. The number of halogens is 2. The molecule has 1 aromatic heterocycles. The molecule has 0 aliphatic rings. The van der Waals surface area contributed by atoms with Gasteiger partial charge in [-0.2, -0.15) is 13.5 Å². The largest absolute Gasteiger partial charge is 0.320 e. The third-order valence-corrected chi connectivity index (χ3v) is 3.48. The number of pyridine rings is 1. The summed E-state index contributed by atoms with van der Waals surface area (Å²) in [4.78, 5) is 25.0. The summed E-state index contributed by atoms with van der Waals surface area (Å²) < 4.78 is 27.7. The Morgan fingerprint density at radius 2 is 1.83 bits per heavy atom. The van der Waals surface area contributed by atoms with Gasteiger partial charge in [0, 0.05) is 32.4 Å². The van der Waals surface area contributed by atoms with E-state index in [-0.39, 0.29) is 25.5 Å². The summed E-state index contributed by atoms with van der Waals surface area (Å²) in [7, 11) is 3.09. The number of carbonyl (C=O) groups excluding carboxylic acids is 1. The van der Waals surface area contributed by atoms with Crippen LogP contribution in [-0.4, -0.2) is 23.6 Å². The molecule has 5 nitrogen and oxygen atoms in total. The van der Waals surface area contributed by atoms with Gasteiger partial charge in [-0.15, -0.1) is 0 Å². The van der Waals surface area contributed by atoms with Crippen molar-refractivity contribution in [2.75, 3.05) is 11.9 Å². The molecule has 0 fully saturated rings. The molecule has 0 unspecified atom stereocenters. The number of aromatic nitrogens is 1. The number of nitrogens with zero attached hydrogens (tertiary/aromatic N) is 2. The number of likely N-dealkylation sites (N-methyl/N-ethyl adjacent to an activating group) is 1. The van der Waals surface area contributed by atoms with Gasteiger partial charge in [0.1, 0.15) is 11.6 Å². The molecule has 1 aromatic carbocycles. The lowest BCUT2D eigenvalue weighted by atomic mass is 10.1. The molecule has 130 valence electrons. The van der Waals surface area contributed by atoms with Gasteiger partial charge in [0.25, 0.3) is 0 Å². The van der Waals surface area contributed by atoms with Crippen molar-refractivity contribution in [3.8, 4) is 0 Å². The molecule has 0 radical (unpaired) electrons. The number of anilines is 1. The Labute approximate surface area is 145 Å². The van der Waals surface area contributed by atoms with Crippen LogP contribution in [0.3, 0.4) is 0 Å². The Morgan fingerprint density at radius 1 is 1.25 bits per heavy atom. The van der Waals surface area contributed by atoms with Crippen molar-refractivity contribution in [2.45, 2.75) is 12.5 Å². The average molecular weight is 355 g/mol. The molecule has 1 heterocycles. The zero-order chi connectivity index (χ0) is 17.1. The first-order valence-electron chi connectivity index (χ1n) is 6.92. The number of aryl methyl sites for hydroxylation is 1. The molecule has 0 bridgehead atoms. The highest BCUT2D eigenvalue weighted by Crippen LogP contribution is 2.13. The Hall–Kier alpha value is -2.19. The van der Waals surface area contributed by atoms with E-state index in [0.29, 0.717) is 11.3 Å². The van der Waals surface area contributed by atoms with Crippen molar-refractivity contribution >= 4 is 25.1 Å². The van der Waals surface area contributed by atoms with Gasteiger partial charge < -0.3 is 15.2 Å². The van der Waals surface area contributed by atoms with E-state index in [1.54, 1.807) is 7.05 Å². The highest BCUT2D eigenvalue weighted by molar-refractivity contribution is 7.59. The first-order valence-corrected chi connectivity index (χ1v) is 6.92. The minimum atomic E-state index is -0.960. The second kappa shape index (κ2) is 8.07. The van der Waals surface area contributed by atoms with Crippen LogP contribution in [-0.2, 0) is 18.3 Å². The second-order valence-electron chi connectivity index (χ2n) is 5.32. The molecule has 0 spiro atoms. The van der Waals surface area contributed by atoms with Crippen LogP contribution in [0.2, 0.25) is 0 Å². The van der Waals surface area contributed by atoms with Gasteiger partial charge in [0.2, 0.25) is 11.5 Å². The minimum absolute atomic E-state index is 0. The molecule has 2 N–H and O–H groups in total. The molecule has 0 saturated heterocycles. The zero-order valence-corrected chi connectivity index (χ0v) is 14.3. The lowest BCUT2D eigenvalue weighted by molar-refractivity contribution is -0.119. The lowest BCUT2D eigenvalue weighted by Crippen LogP contribution is -2.43. The van der Waals surface area contributed by atoms with Gasteiger partial charge >= 0.3 is 0 Å². The predicted octanol–water partition coefficient (Wildman–Crippen LogP) is 1.31. The third kappa shape index (κ3) is 4.65. The number of benzene rings is 1. The van der Waals surface area contributed by atoms with Gasteiger partial charge in [-0.3, -0.25) is 9.59 Å². The molecule has 0 aliphatic heterocycles. The summed E-state index contributed by atoms with van der Waals surface area (Å²) in [6.45, 7) is 0. The fourth-order valence-corrected chi connectivity index (χ4v) is 2.22. The number of amides is 1. The fourth-order valence-electron chi connectivity index (χ4n) is 2.22. The van der Waals surface area contributed by atoms with Crippen LogP contribution in [0.15, 0.2) is 41.3 Å². The average Bonchev–Trinajstić information content (AvgIpc) is 2.47. The van der Waals surface area contributed by atoms with Gasteiger partial charge in [-0.25, -0.2) is 8.78 Å². The standard InChI is InChI=1S/C16H17F2N3O2.H2S/c1-20-9-13(3-4-15(20)22)21(2)16(23)14(19)7-10-5-11(17)8-12(18)6-10;/h3-6,8-9,14H,7,19H2,1-2H3;1H2/t14-;/m0./s1. The molecule has 0 aliphatic carbocycles. The molecule has 24 heavy (non-hydrogen) atoms. The molecule has 2 aromatic rings. The molecular weight excluding hydrogens is 336 g/mol. The van der Waals surface area contributed by atoms with Crippen LogP contribution in [0.4, 0.5) is 14.5 Å². The zero-order valence-electron chi connectivity index (χ0n) is 13.3. The van der Waals surface area contributed by atoms with Crippen molar-refractivity contribution in [1.82, 2.24) is 4.57 Å². The van der Waals surface area contributed by atoms with E-state index in [0.717, 1.165) is 18.2 Å². The Kier molecular flexibility index (Phi) is 6.68. The predicted molar refractivity (Wildman–Crippen MR) is 93.5 cm³/mol. The maximum absolute atomic E-state index is 13.2.